The molecule has 0 saturated heterocycles. The van der Waals surface area contributed by atoms with Crippen LogP contribution >= 0.6 is 11.3 Å². The average Bonchev–Trinajstić information content (AvgIpc) is 3.72. The molecule has 5 aromatic heterocycles. The molecule has 0 fully saturated rings. The van der Waals surface area contributed by atoms with Crippen LogP contribution in [0.3, 0.4) is 0 Å². The molecule has 0 aliphatic rings. The van der Waals surface area contributed by atoms with Crippen LogP contribution < -0.4 is 11.1 Å². The largest absolute Gasteiger partial charge is 0.433 e. The minimum absolute atomic E-state index is 0.0244. The third-order valence-corrected chi connectivity index (χ3v) is 8.42. The van der Waals surface area contributed by atoms with Crippen molar-refractivity contribution in [2.75, 3.05) is 5.32 Å². The summed E-state index contributed by atoms with van der Waals surface area (Å²) in [5.41, 5.74) is 7.63. The summed E-state index contributed by atoms with van der Waals surface area (Å²) in [7, 11) is 0. The Labute approximate surface area is 252 Å². The van der Waals surface area contributed by atoms with Crippen molar-refractivity contribution in [3.63, 3.8) is 0 Å². The molecule has 3 N–H and O–H groups in total. The van der Waals surface area contributed by atoms with Gasteiger partial charge < -0.3 is 11.1 Å². The molecule has 0 saturated carbocycles. The Morgan fingerprint density at radius 3 is 2.45 bits per heavy atom. The molecular formula is C30H25F3N8O2S. The van der Waals surface area contributed by atoms with Crippen molar-refractivity contribution in [2.24, 2.45) is 5.73 Å². The SMILES string of the molecule is CCn1cc(-c2cc(C(=O)Nc3c(C(N)=O)sc4nc(C(F)(F)F)cc(-c5cnn(CC)c5C)c34)c3ccccc3n2)cn1. The molecule has 2 amide bonds. The van der Waals surface area contributed by atoms with E-state index in [4.69, 9.17) is 10.7 Å². The van der Waals surface area contributed by atoms with E-state index in [-0.39, 0.29) is 31.9 Å². The second-order valence-corrected chi connectivity index (χ2v) is 11.0. The molecule has 1 aromatic carbocycles. The molecule has 6 rings (SSSR count). The number of nitrogens with one attached hydrogen (secondary N) is 1. The van der Waals surface area contributed by atoms with Gasteiger partial charge in [-0.1, -0.05) is 18.2 Å². The number of nitrogens with zero attached hydrogens (tertiary/aromatic N) is 6. The lowest BCUT2D eigenvalue weighted by Crippen LogP contribution is -2.17. The normalized spacial score (nSPS) is 11.9. The maximum atomic E-state index is 14.1. The van der Waals surface area contributed by atoms with E-state index in [1.54, 1.807) is 52.8 Å². The van der Waals surface area contributed by atoms with Gasteiger partial charge in [-0.25, -0.2) is 9.97 Å². The summed E-state index contributed by atoms with van der Waals surface area (Å²) in [6.07, 6.45) is 0.149. The van der Waals surface area contributed by atoms with Gasteiger partial charge in [-0.2, -0.15) is 23.4 Å². The highest BCUT2D eigenvalue weighted by Gasteiger charge is 2.35. The van der Waals surface area contributed by atoms with Crippen LogP contribution in [0.5, 0.6) is 0 Å². The fourth-order valence-corrected chi connectivity index (χ4v) is 6.15. The van der Waals surface area contributed by atoms with Gasteiger partial charge >= 0.3 is 6.18 Å². The van der Waals surface area contributed by atoms with Crippen molar-refractivity contribution >= 4 is 50.0 Å². The molecule has 0 atom stereocenters. The van der Waals surface area contributed by atoms with Crippen LogP contribution in [0.2, 0.25) is 0 Å². The lowest BCUT2D eigenvalue weighted by molar-refractivity contribution is -0.140. The van der Waals surface area contributed by atoms with E-state index < -0.39 is 23.7 Å². The van der Waals surface area contributed by atoms with Gasteiger partial charge in [0, 0.05) is 46.9 Å². The van der Waals surface area contributed by atoms with Crippen LogP contribution in [0.1, 0.15) is 45.3 Å². The lowest BCUT2D eigenvalue weighted by Gasteiger charge is -2.13. The average molecular weight is 619 g/mol. The second-order valence-electron chi connectivity index (χ2n) is 9.97. The van der Waals surface area contributed by atoms with E-state index in [1.165, 1.54) is 6.20 Å². The van der Waals surface area contributed by atoms with Crippen molar-refractivity contribution in [1.29, 1.82) is 0 Å². The van der Waals surface area contributed by atoms with Gasteiger partial charge in [-0.3, -0.25) is 19.0 Å². The third-order valence-electron chi connectivity index (χ3n) is 7.32. The Morgan fingerprint density at radius 1 is 1.02 bits per heavy atom. The Bertz CT molecular complexity index is 2090. The number of aryl methyl sites for hydroxylation is 2. The molecule has 0 aliphatic carbocycles. The van der Waals surface area contributed by atoms with E-state index in [0.29, 0.717) is 57.8 Å². The van der Waals surface area contributed by atoms with Crippen LogP contribution in [0.15, 0.2) is 55.0 Å². The van der Waals surface area contributed by atoms with Gasteiger partial charge in [0.15, 0.2) is 0 Å². The smallest absolute Gasteiger partial charge is 0.365 e. The molecule has 0 aliphatic heterocycles. The number of aromatic nitrogens is 6. The van der Waals surface area contributed by atoms with Crippen LogP contribution in [0.25, 0.3) is 43.5 Å². The molecule has 6 aromatic rings. The second kappa shape index (κ2) is 10.9. The number of para-hydroxylation sites is 1. The van der Waals surface area contributed by atoms with Gasteiger partial charge in [0.25, 0.3) is 11.8 Å². The van der Waals surface area contributed by atoms with Crippen molar-refractivity contribution in [3.8, 4) is 22.4 Å². The van der Waals surface area contributed by atoms with Crippen LogP contribution in [-0.4, -0.2) is 41.3 Å². The number of carbonyl (C=O) groups excluding carboxylic acids is 2. The van der Waals surface area contributed by atoms with Gasteiger partial charge in [-0.05, 0) is 44.5 Å². The lowest BCUT2D eigenvalue weighted by atomic mass is 10.0. The first-order chi connectivity index (χ1) is 21.0. The topological polar surface area (TPSA) is 134 Å². The monoisotopic (exact) mass is 618 g/mol. The summed E-state index contributed by atoms with van der Waals surface area (Å²) >= 11 is 0.685. The maximum absolute atomic E-state index is 14.1. The fraction of sp³-hybridized carbons (Fsp3) is 0.200. The number of pyridine rings is 2. The Morgan fingerprint density at radius 2 is 1.80 bits per heavy atom. The fourth-order valence-electron chi connectivity index (χ4n) is 5.14. The van der Waals surface area contributed by atoms with E-state index in [2.05, 4.69) is 20.5 Å². The van der Waals surface area contributed by atoms with Gasteiger partial charge in [0.2, 0.25) is 0 Å². The molecule has 0 unspecified atom stereocenters. The number of primary amides is 1. The molecule has 224 valence electrons. The number of carbonyl (C=O) groups is 2. The molecule has 10 nitrogen and oxygen atoms in total. The minimum Gasteiger partial charge on any atom is -0.365 e. The number of halogens is 3. The first kappa shape index (κ1) is 29.0. The first-order valence-electron chi connectivity index (χ1n) is 13.6. The molecule has 5 heterocycles. The highest BCUT2D eigenvalue weighted by molar-refractivity contribution is 7.21. The maximum Gasteiger partial charge on any atom is 0.433 e. The summed E-state index contributed by atoms with van der Waals surface area (Å²) < 4.78 is 45.3. The highest BCUT2D eigenvalue weighted by Crippen LogP contribution is 2.44. The van der Waals surface area contributed by atoms with Crippen molar-refractivity contribution in [2.45, 2.75) is 40.0 Å². The number of anilines is 1. The standard InChI is InChI=1S/C30H25F3N8O2S/c1-4-40-14-16(12-35-40)22-10-19(17-8-6-7-9-21(17)37-22)28(43)39-25-24-18(20-13-36-41(5-2)15(20)3)11-23(30(31,32)33)38-29(24)44-26(25)27(34)42/h6-14H,4-5H2,1-3H3,(H2,34,42)(H,39,43). The molecule has 44 heavy (non-hydrogen) atoms. The van der Waals surface area contributed by atoms with Crippen LogP contribution in [-0.2, 0) is 19.3 Å². The zero-order valence-electron chi connectivity index (χ0n) is 23.7. The predicted octanol–water partition coefficient (Wildman–Crippen LogP) is 6.29. The number of alkyl halides is 3. The summed E-state index contributed by atoms with van der Waals surface area (Å²) in [4.78, 5) is 35.0. The molecule has 14 heteroatoms. The zero-order chi connectivity index (χ0) is 31.3. The van der Waals surface area contributed by atoms with Crippen LogP contribution in [0.4, 0.5) is 18.9 Å². The molecule has 0 bridgehead atoms. The number of hydrogen-bond donors (Lipinski definition) is 2. The van der Waals surface area contributed by atoms with Crippen molar-refractivity contribution in [1.82, 2.24) is 29.5 Å². The van der Waals surface area contributed by atoms with Crippen LogP contribution in [0, 0.1) is 6.92 Å². The molecular weight excluding hydrogens is 593 g/mol. The number of benzene rings is 1. The summed E-state index contributed by atoms with van der Waals surface area (Å²) in [5, 5.41) is 12.1. The Kier molecular flexibility index (Phi) is 7.16. The number of hydrogen-bond acceptors (Lipinski definition) is 7. The molecule has 0 spiro atoms. The number of nitrogens with two attached hydrogens (primary N) is 1. The summed E-state index contributed by atoms with van der Waals surface area (Å²) in [5.74, 6) is -1.53. The predicted molar refractivity (Wildman–Crippen MR) is 161 cm³/mol. The van der Waals surface area contributed by atoms with Gasteiger partial charge in [-0.15, -0.1) is 11.3 Å². The first-order valence-corrected chi connectivity index (χ1v) is 14.4. The zero-order valence-corrected chi connectivity index (χ0v) is 24.5. The number of rotatable bonds is 7. The quantitative estimate of drug-likeness (QED) is 0.216. The summed E-state index contributed by atoms with van der Waals surface area (Å²) in [6.45, 7) is 6.66. The van der Waals surface area contributed by atoms with Crippen molar-refractivity contribution in [3.05, 3.63) is 76.8 Å². The highest BCUT2D eigenvalue weighted by atomic mass is 32.1. The Balaban J connectivity index is 1.56. The third kappa shape index (κ3) is 4.96. The van der Waals surface area contributed by atoms with Crippen molar-refractivity contribution < 1.29 is 22.8 Å². The van der Waals surface area contributed by atoms with E-state index in [0.717, 1.165) is 6.07 Å². The minimum atomic E-state index is -4.77. The summed E-state index contributed by atoms with van der Waals surface area (Å²) in [6, 6.07) is 9.59. The van der Waals surface area contributed by atoms with E-state index >= 15 is 0 Å². The Hall–Kier alpha value is -5.11. The number of amides is 2. The van der Waals surface area contributed by atoms with E-state index in [9.17, 15) is 22.8 Å². The molecule has 0 radical (unpaired) electrons. The number of thiophene rings is 1. The van der Waals surface area contributed by atoms with E-state index in [1.807, 2.05) is 20.0 Å². The number of fused-ring (bicyclic) bond motifs is 2. The van der Waals surface area contributed by atoms with Gasteiger partial charge in [0.05, 0.1) is 34.9 Å². The van der Waals surface area contributed by atoms with Gasteiger partial charge in [0.1, 0.15) is 15.4 Å².